The lowest BCUT2D eigenvalue weighted by atomic mass is 10.1. The Morgan fingerprint density at radius 1 is 1.18 bits per heavy atom. The summed E-state index contributed by atoms with van der Waals surface area (Å²) >= 11 is 0. The van der Waals surface area contributed by atoms with Crippen LogP contribution in [0.15, 0.2) is 23.0 Å². The Morgan fingerprint density at radius 2 is 1.94 bits per heavy atom. The standard InChI is InChI=1S/C13H15NO3/c1-4-8-5-12(15)14-10-6-9(16-2)7-11(17-3)13(8)10/h5-7H,4H2,1-3H3,(H,14,15). The van der Waals surface area contributed by atoms with Crippen LogP contribution < -0.4 is 15.0 Å². The van der Waals surface area contributed by atoms with Gasteiger partial charge < -0.3 is 14.5 Å². The zero-order valence-electron chi connectivity index (χ0n) is 10.2. The van der Waals surface area contributed by atoms with E-state index in [9.17, 15) is 4.79 Å². The van der Waals surface area contributed by atoms with Crippen LogP contribution in [0.2, 0.25) is 0 Å². The smallest absolute Gasteiger partial charge is 0.248 e. The lowest BCUT2D eigenvalue weighted by Gasteiger charge is -2.11. The molecule has 2 rings (SSSR count). The first-order chi connectivity index (χ1) is 8.19. The van der Waals surface area contributed by atoms with E-state index in [2.05, 4.69) is 4.98 Å². The maximum Gasteiger partial charge on any atom is 0.248 e. The second kappa shape index (κ2) is 4.49. The Morgan fingerprint density at radius 3 is 2.53 bits per heavy atom. The van der Waals surface area contributed by atoms with Crippen LogP contribution in [0.25, 0.3) is 10.9 Å². The summed E-state index contributed by atoms with van der Waals surface area (Å²) < 4.78 is 10.5. The average Bonchev–Trinajstić information content (AvgIpc) is 2.35. The molecule has 0 spiro atoms. The zero-order chi connectivity index (χ0) is 12.4. The molecular weight excluding hydrogens is 218 g/mol. The Labute approximate surface area is 99.2 Å². The van der Waals surface area contributed by atoms with Crippen molar-refractivity contribution in [1.82, 2.24) is 4.98 Å². The first-order valence-corrected chi connectivity index (χ1v) is 5.47. The Kier molecular flexibility index (Phi) is 3.04. The zero-order valence-corrected chi connectivity index (χ0v) is 10.2. The lowest BCUT2D eigenvalue weighted by Crippen LogP contribution is -2.07. The van der Waals surface area contributed by atoms with Crippen molar-refractivity contribution >= 4 is 10.9 Å². The molecule has 0 saturated carbocycles. The molecule has 0 bridgehead atoms. The number of fused-ring (bicyclic) bond motifs is 1. The van der Waals surface area contributed by atoms with E-state index >= 15 is 0 Å². The normalized spacial score (nSPS) is 10.5. The topological polar surface area (TPSA) is 51.3 Å². The van der Waals surface area contributed by atoms with Gasteiger partial charge in [-0.2, -0.15) is 0 Å². The highest BCUT2D eigenvalue weighted by Gasteiger charge is 2.10. The molecule has 1 aromatic heterocycles. The van der Waals surface area contributed by atoms with Crippen LogP contribution in [0.3, 0.4) is 0 Å². The number of benzene rings is 1. The SMILES string of the molecule is CCc1cc(=O)[nH]c2cc(OC)cc(OC)c12. The van der Waals surface area contributed by atoms with Gasteiger partial charge in [0.15, 0.2) is 0 Å². The molecule has 0 aliphatic heterocycles. The molecule has 0 aliphatic carbocycles. The summed E-state index contributed by atoms with van der Waals surface area (Å²) in [4.78, 5) is 14.3. The minimum Gasteiger partial charge on any atom is -0.497 e. The van der Waals surface area contributed by atoms with Gasteiger partial charge >= 0.3 is 0 Å². The fraction of sp³-hybridized carbons (Fsp3) is 0.308. The molecule has 4 nitrogen and oxygen atoms in total. The van der Waals surface area contributed by atoms with Crippen LogP contribution in [-0.4, -0.2) is 19.2 Å². The molecule has 4 heteroatoms. The van der Waals surface area contributed by atoms with Crippen molar-refractivity contribution in [3.8, 4) is 11.5 Å². The average molecular weight is 233 g/mol. The van der Waals surface area contributed by atoms with E-state index in [4.69, 9.17) is 9.47 Å². The molecule has 1 N–H and O–H groups in total. The molecule has 1 aromatic carbocycles. The molecule has 0 saturated heterocycles. The van der Waals surface area contributed by atoms with Gasteiger partial charge in [0.05, 0.1) is 19.7 Å². The highest BCUT2D eigenvalue weighted by Crippen LogP contribution is 2.31. The van der Waals surface area contributed by atoms with Crippen LogP contribution in [0.1, 0.15) is 12.5 Å². The van der Waals surface area contributed by atoms with E-state index in [0.717, 1.165) is 22.9 Å². The van der Waals surface area contributed by atoms with E-state index in [1.165, 1.54) is 0 Å². The number of hydrogen-bond donors (Lipinski definition) is 1. The number of aryl methyl sites for hydroxylation is 1. The van der Waals surface area contributed by atoms with Gasteiger partial charge in [0.1, 0.15) is 11.5 Å². The monoisotopic (exact) mass is 233 g/mol. The Bertz CT molecular complexity index is 601. The number of pyridine rings is 1. The number of methoxy groups -OCH3 is 2. The van der Waals surface area contributed by atoms with Crippen LogP contribution in [0, 0.1) is 0 Å². The molecular formula is C13H15NO3. The molecule has 1 heterocycles. The first kappa shape index (κ1) is 11.5. The summed E-state index contributed by atoms with van der Waals surface area (Å²) in [7, 11) is 3.20. The van der Waals surface area contributed by atoms with Crippen LogP contribution in [0.5, 0.6) is 11.5 Å². The van der Waals surface area contributed by atoms with E-state index in [1.807, 2.05) is 13.0 Å². The molecule has 0 aliphatic rings. The van der Waals surface area contributed by atoms with Crippen LogP contribution >= 0.6 is 0 Å². The predicted octanol–water partition coefficient (Wildman–Crippen LogP) is 2.11. The van der Waals surface area contributed by atoms with Gasteiger partial charge in [-0.15, -0.1) is 0 Å². The van der Waals surface area contributed by atoms with Gasteiger partial charge in [0.25, 0.3) is 0 Å². The van der Waals surface area contributed by atoms with Crippen molar-refractivity contribution in [2.45, 2.75) is 13.3 Å². The molecule has 17 heavy (non-hydrogen) atoms. The predicted molar refractivity (Wildman–Crippen MR) is 67.1 cm³/mol. The molecule has 90 valence electrons. The molecule has 0 unspecified atom stereocenters. The van der Waals surface area contributed by atoms with Crippen molar-refractivity contribution in [2.75, 3.05) is 14.2 Å². The van der Waals surface area contributed by atoms with Gasteiger partial charge in [0, 0.05) is 23.6 Å². The van der Waals surface area contributed by atoms with Gasteiger partial charge in [-0.25, -0.2) is 0 Å². The van der Waals surface area contributed by atoms with Gasteiger partial charge in [-0.3, -0.25) is 4.79 Å². The Hall–Kier alpha value is -1.97. The van der Waals surface area contributed by atoms with Crippen molar-refractivity contribution in [3.05, 3.63) is 34.1 Å². The van der Waals surface area contributed by atoms with Gasteiger partial charge in [-0.05, 0) is 12.0 Å². The van der Waals surface area contributed by atoms with Gasteiger partial charge in [0.2, 0.25) is 5.56 Å². The number of H-pyrrole nitrogens is 1. The second-order valence-corrected chi connectivity index (χ2v) is 3.76. The molecule has 0 fully saturated rings. The van der Waals surface area contributed by atoms with E-state index in [0.29, 0.717) is 11.5 Å². The first-order valence-electron chi connectivity index (χ1n) is 5.47. The summed E-state index contributed by atoms with van der Waals surface area (Å²) in [6.07, 6.45) is 0.781. The fourth-order valence-corrected chi connectivity index (χ4v) is 1.98. The minimum absolute atomic E-state index is 0.107. The molecule has 0 atom stereocenters. The molecule has 0 radical (unpaired) electrons. The fourth-order valence-electron chi connectivity index (χ4n) is 1.98. The summed E-state index contributed by atoms with van der Waals surface area (Å²) in [6, 6.07) is 5.23. The summed E-state index contributed by atoms with van der Waals surface area (Å²) in [5.41, 5.74) is 1.61. The minimum atomic E-state index is -0.107. The molecule has 2 aromatic rings. The number of nitrogens with one attached hydrogen (secondary N) is 1. The number of aromatic nitrogens is 1. The highest BCUT2D eigenvalue weighted by atomic mass is 16.5. The van der Waals surface area contributed by atoms with Gasteiger partial charge in [-0.1, -0.05) is 6.92 Å². The number of rotatable bonds is 3. The van der Waals surface area contributed by atoms with E-state index < -0.39 is 0 Å². The third-order valence-electron chi connectivity index (χ3n) is 2.80. The number of ether oxygens (including phenoxy) is 2. The number of hydrogen-bond acceptors (Lipinski definition) is 3. The molecule has 0 amide bonds. The lowest BCUT2D eigenvalue weighted by molar-refractivity contribution is 0.397. The maximum absolute atomic E-state index is 11.5. The van der Waals surface area contributed by atoms with Crippen LogP contribution in [0.4, 0.5) is 0 Å². The number of aromatic amines is 1. The van der Waals surface area contributed by atoms with Crippen molar-refractivity contribution in [2.24, 2.45) is 0 Å². The third-order valence-corrected chi connectivity index (χ3v) is 2.80. The quantitative estimate of drug-likeness (QED) is 0.883. The van der Waals surface area contributed by atoms with Crippen molar-refractivity contribution in [1.29, 1.82) is 0 Å². The summed E-state index contributed by atoms with van der Waals surface area (Å²) in [5.74, 6) is 1.38. The van der Waals surface area contributed by atoms with Crippen LogP contribution in [-0.2, 0) is 6.42 Å². The van der Waals surface area contributed by atoms with Crippen molar-refractivity contribution < 1.29 is 9.47 Å². The van der Waals surface area contributed by atoms with Crippen molar-refractivity contribution in [3.63, 3.8) is 0 Å². The maximum atomic E-state index is 11.5. The Balaban J connectivity index is 2.88. The largest absolute Gasteiger partial charge is 0.497 e. The van der Waals surface area contributed by atoms with E-state index in [-0.39, 0.29) is 5.56 Å². The summed E-state index contributed by atoms with van der Waals surface area (Å²) in [6.45, 7) is 2.01. The third kappa shape index (κ3) is 1.98. The summed E-state index contributed by atoms with van der Waals surface area (Å²) in [5, 5.41) is 0.940. The van der Waals surface area contributed by atoms with E-state index in [1.54, 1.807) is 26.4 Å². The second-order valence-electron chi connectivity index (χ2n) is 3.76. The highest BCUT2D eigenvalue weighted by molar-refractivity contribution is 5.89.